The van der Waals surface area contributed by atoms with E-state index < -0.39 is 5.97 Å². The average Bonchev–Trinajstić information content (AvgIpc) is 3.52. The van der Waals surface area contributed by atoms with Crippen LogP contribution >= 0.6 is 23.4 Å². The third-order valence-corrected chi connectivity index (χ3v) is 8.53. The van der Waals surface area contributed by atoms with Crippen molar-refractivity contribution in [3.8, 4) is 11.4 Å². The molecule has 4 aromatic carbocycles. The number of carbonyl (C=O) groups is 1. The van der Waals surface area contributed by atoms with Crippen molar-refractivity contribution in [2.75, 3.05) is 11.9 Å². The lowest BCUT2D eigenvalue weighted by atomic mass is 9.98. The Morgan fingerprint density at radius 3 is 2.75 bits per heavy atom. The molecular formula is C32H28ClN3O3S. The summed E-state index contributed by atoms with van der Waals surface area (Å²) in [5.41, 5.74) is 8.56. The summed E-state index contributed by atoms with van der Waals surface area (Å²) in [6.45, 7) is 3.19. The molecule has 0 radical (unpaired) electrons. The zero-order valence-corrected chi connectivity index (χ0v) is 23.5. The molecule has 202 valence electrons. The molecule has 0 saturated carbocycles. The van der Waals surface area contributed by atoms with Crippen LogP contribution in [0.15, 0.2) is 90.1 Å². The number of para-hydroxylation sites is 2. The van der Waals surface area contributed by atoms with Gasteiger partial charge in [-0.15, -0.1) is 0 Å². The summed E-state index contributed by atoms with van der Waals surface area (Å²) in [7, 11) is 0. The summed E-state index contributed by atoms with van der Waals surface area (Å²) in [5.74, 6) is 0.636. The van der Waals surface area contributed by atoms with Crippen LogP contribution in [0.2, 0.25) is 5.02 Å². The standard InChI is InChI=1S/C32H28ClN3O3S/c1-20-22(17-34-25-13-14-26-23(15-31(37)38)18-39-30(26)16-25)5-4-8-28(20)36-29-7-3-2-6-27(29)35-32(36)40-19-21-9-11-24(33)12-10-21/h2-14,16,23,34H,15,17-19H2,1H3,(H,37,38)/t23-/m1/s1. The number of benzene rings is 4. The summed E-state index contributed by atoms with van der Waals surface area (Å²) in [4.78, 5) is 16.1. The van der Waals surface area contributed by atoms with E-state index in [9.17, 15) is 4.79 Å². The molecule has 1 aromatic heterocycles. The minimum Gasteiger partial charge on any atom is -0.493 e. The van der Waals surface area contributed by atoms with Crippen LogP contribution in [0, 0.1) is 6.92 Å². The van der Waals surface area contributed by atoms with Crippen LogP contribution in [0.1, 0.15) is 34.6 Å². The molecule has 0 spiro atoms. The van der Waals surface area contributed by atoms with Gasteiger partial charge < -0.3 is 15.2 Å². The number of aliphatic carboxylic acids is 1. The second kappa shape index (κ2) is 11.3. The summed E-state index contributed by atoms with van der Waals surface area (Å²) in [5, 5.41) is 14.4. The Bertz CT molecular complexity index is 1700. The predicted octanol–water partition coefficient (Wildman–Crippen LogP) is 7.84. The highest BCUT2D eigenvalue weighted by Gasteiger charge is 2.26. The number of carboxylic acid groups (broad SMARTS) is 1. The highest BCUT2D eigenvalue weighted by molar-refractivity contribution is 7.98. The fourth-order valence-electron chi connectivity index (χ4n) is 5.13. The molecule has 0 saturated heterocycles. The van der Waals surface area contributed by atoms with E-state index in [1.807, 2.05) is 42.5 Å². The molecule has 40 heavy (non-hydrogen) atoms. The zero-order chi connectivity index (χ0) is 27.6. The first-order valence-electron chi connectivity index (χ1n) is 13.1. The largest absolute Gasteiger partial charge is 0.493 e. The highest BCUT2D eigenvalue weighted by Crippen LogP contribution is 2.38. The molecule has 1 atom stereocenters. The monoisotopic (exact) mass is 569 g/mol. The minimum atomic E-state index is -0.809. The van der Waals surface area contributed by atoms with Gasteiger partial charge in [-0.25, -0.2) is 4.98 Å². The van der Waals surface area contributed by atoms with Gasteiger partial charge in [-0.05, 0) is 60.0 Å². The van der Waals surface area contributed by atoms with Crippen LogP contribution in [0.3, 0.4) is 0 Å². The number of nitrogens with one attached hydrogen (secondary N) is 1. The summed E-state index contributed by atoms with van der Waals surface area (Å²) >= 11 is 7.79. The van der Waals surface area contributed by atoms with E-state index in [-0.39, 0.29) is 12.3 Å². The average molecular weight is 570 g/mol. The number of thioether (sulfide) groups is 1. The van der Waals surface area contributed by atoms with Gasteiger partial charge in [0.05, 0.1) is 29.7 Å². The molecule has 1 aliphatic rings. The van der Waals surface area contributed by atoms with Gasteiger partial charge in [-0.1, -0.05) is 65.8 Å². The van der Waals surface area contributed by atoms with Gasteiger partial charge in [0.15, 0.2) is 5.16 Å². The second-order valence-corrected chi connectivity index (χ2v) is 11.3. The Labute approximate surface area is 242 Å². The third-order valence-electron chi connectivity index (χ3n) is 7.27. The van der Waals surface area contributed by atoms with Crippen LogP contribution < -0.4 is 10.1 Å². The number of aromatic nitrogens is 2. The number of hydrogen-bond donors (Lipinski definition) is 2. The molecule has 0 aliphatic carbocycles. The van der Waals surface area contributed by atoms with Gasteiger partial charge in [0.25, 0.3) is 0 Å². The van der Waals surface area contributed by atoms with Crippen molar-refractivity contribution < 1.29 is 14.6 Å². The molecular weight excluding hydrogens is 542 g/mol. The van der Waals surface area contributed by atoms with Gasteiger partial charge in [0.2, 0.25) is 0 Å². The zero-order valence-electron chi connectivity index (χ0n) is 21.9. The number of halogens is 1. The van der Waals surface area contributed by atoms with Crippen LogP contribution in [0.4, 0.5) is 5.69 Å². The summed E-state index contributed by atoms with van der Waals surface area (Å²) in [6.07, 6.45) is 0.0780. The maximum Gasteiger partial charge on any atom is 0.304 e. The molecule has 5 aromatic rings. The first kappa shape index (κ1) is 26.3. The molecule has 0 fully saturated rings. The topological polar surface area (TPSA) is 76.4 Å². The number of imidazole rings is 1. The van der Waals surface area contributed by atoms with Crippen molar-refractivity contribution in [1.82, 2.24) is 9.55 Å². The molecule has 1 aliphatic heterocycles. The smallest absolute Gasteiger partial charge is 0.304 e. The first-order valence-corrected chi connectivity index (χ1v) is 14.5. The maximum absolute atomic E-state index is 11.2. The summed E-state index contributed by atoms with van der Waals surface area (Å²) < 4.78 is 8.04. The fourth-order valence-corrected chi connectivity index (χ4v) is 6.23. The molecule has 8 heteroatoms. The first-order chi connectivity index (χ1) is 19.5. The second-order valence-electron chi connectivity index (χ2n) is 9.91. The number of carboxylic acids is 1. The van der Waals surface area contributed by atoms with Crippen LogP contribution in [-0.4, -0.2) is 27.2 Å². The predicted molar refractivity (Wildman–Crippen MR) is 161 cm³/mol. The lowest BCUT2D eigenvalue weighted by Crippen LogP contribution is -2.07. The van der Waals surface area contributed by atoms with Crippen molar-refractivity contribution in [1.29, 1.82) is 0 Å². The molecule has 2 heterocycles. The maximum atomic E-state index is 11.2. The number of ether oxygens (including phenoxy) is 1. The third kappa shape index (κ3) is 5.40. The Kier molecular flexibility index (Phi) is 7.41. The SMILES string of the molecule is Cc1c(CNc2ccc3c(c2)OC[C@H]3CC(=O)O)cccc1-n1c(SCc2ccc(Cl)cc2)nc2ccccc21. The number of rotatable bonds is 9. The Balaban J connectivity index is 1.25. The number of fused-ring (bicyclic) bond motifs is 2. The minimum absolute atomic E-state index is 0.0780. The van der Waals surface area contributed by atoms with Gasteiger partial charge >= 0.3 is 5.97 Å². The van der Waals surface area contributed by atoms with Crippen molar-refractivity contribution in [3.63, 3.8) is 0 Å². The van der Waals surface area contributed by atoms with E-state index in [4.69, 9.17) is 26.4 Å². The quantitative estimate of drug-likeness (QED) is 0.176. The van der Waals surface area contributed by atoms with Crippen LogP contribution in [0.5, 0.6) is 5.75 Å². The number of nitrogens with zero attached hydrogens (tertiary/aromatic N) is 2. The molecule has 0 bridgehead atoms. The molecule has 0 unspecified atom stereocenters. The summed E-state index contributed by atoms with van der Waals surface area (Å²) in [6, 6.07) is 28.5. The van der Waals surface area contributed by atoms with Crippen molar-refractivity contribution in [3.05, 3.63) is 112 Å². The highest BCUT2D eigenvalue weighted by atomic mass is 35.5. The fraction of sp³-hybridized carbons (Fsp3) is 0.188. The molecule has 2 N–H and O–H groups in total. The number of hydrogen-bond acceptors (Lipinski definition) is 5. The van der Waals surface area contributed by atoms with Crippen LogP contribution in [-0.2, 0) is 17.1 Å². The lowest BCUT2D eigenvalue weighted by molar-refractivity contribution is -0.137. The Morgan fingerprint density at radius 1 is 1.10 bits per heavy atom. The lowest BCUT2D eigenvalue weighted by Gasteiger charge is -2.16. The van der Waals surface area contributed by atoms with E-state index in [1.54, 1.807) is 11.8 Å². The van der Waals surface area contributed by atoms with Gasteiger partial charge in [0.1, 0.15) is 5.75 Å². The van der Waals surface area contributed by atoms with E-state index in [0.29, 0.717) is 13.2 Å². The van der Waals surface area contributed by atoms with E-state index in [2.05, 4.69) is 59.3 Å². The van der Waals surface area contributed by atoms with Gasteiger partial charge in [-0.2, -0.15) is 0 Å². The Morgan fingerprint density at radius 2 is 1.93 bits per heavy atom. The van der Waals surface area contributed by atoms with Crippen LogP contribution in [0.25, 0.3) is 16.7 Å². The van der Waals surface area contributed by atoms with Crippen molar-refractivity contribution in [2.45, 2.75) is 36.7 Å². The Hall–Kier alpha value is -3.94. The molecule has 6 nitrogen and oxygen atoms in total. The van der Waals surface area contributed by atoms with E-state index in [0.717, 1.165) is 49.7 Å². The van der Waals surface area contributed by atoms with Crippen molar-refractivity contribution in [2.24, 2.45) is 0 Å². The van der Waals surface area contributed by atoms with E-state index >= 15 is 0 Å². The molecule has 0 amide bonds. The van der Waals surface area contributed by atoms with Gasteiger partial charge in [0, 0.05) is 40.6 Å². The normalized spacial score (nSPS) is 14.2. The number of anilines is 1. The van der Waals surface area contributed by atoms with E-state index in [1.165, 1.54) is 16.7 Å². The molecule has 6 rings (SSSR count). The van der Waals surface area contributed by atoms with Crippen molar-refractivity contribution >= 4 is 46.1 Å². The van der Waals surface area contributed by atoms with Gasteiger partial charge in [-0.3, -0.25) is 9.36 Å².